The van der Waals surface area contributed by atoms with Crippen molar-refractivity contribution in [1.29, 1.82) is 0 Å². The summed E-state index contributed by atoms with van der Waals surface area (Å²) in [6, 6.07) is 4.77. The minimum absolute atomic E-state index is 0.0463. The molecule has 3 N–H and O–H groups in total. The minimum Gasteiger partial charge on any atom is -0.369 e. The van der Waals surface area contributed by atoms with Crippen LogP contribution in [-0.4, -0.2) is 30.0 Å². The van der Waals surface area contributed by atoms with Gasteiger partial charge in [0.15, 0.2) is 0 Å². The summed E-state index contributed by atoms with van der Waals surface area (Å²) in [5.74, 6) is 0.768. The third kappa shape index (κ3) is 3.10. The van der Waals surface area contributed by atoms with Gasteiger partial charge in [-0.05, 0) is 31.7 Å². The van der Waals surface area contributed by atoms with Gasteiger partial charge in [0, 0.05) is 37.4 Å². The maximum absolute atomic E-state index is 11.4. The van der Waals surface area contributed by atoms with E-state index in [1.54, 1.807) is 0 Å². The lowest BCUT2D eigenvalue weighted by molar-refractivity contribution is -0.122. The van der Waals surface area contributed by atoms with Gasteiger partial charge in [-0.3, -0.25) is 4.79 Å². The van der Waals surface area contributed by atoms with Crippen molar-refractivity contribution in [2.75, 3.05) is 18.0 Å². The van der Waals surface area contributed by atoms with E-state index in [4.69, 9.17) is 5.73 Å². The summed E-state index contributed by atoms with van der Waals surface area (Å²) in [6.07, 6.45) is 6.28. The van der Waals surface area contributed by atoms with E-state index in [1.165, 1.54) is 18.4 Å². The second kappa shape index (κ2) is 5.79. The van der Waals surface area contributed by atoms with Crippen LogP contribution < -0.4 is 16.0 Å². The lowest BCUT2D eigenvalue weighted by atomic mass is 9.97. The van der Waals surface area contributed by atoms with E-state index < -0.39 is 0 Å². The standard InChI is InChI=1S/C15H22N4O/c16-14(20)12-4-2-8-19(10-12)15-11(3-1-7-17-15)9-18-13-5-6-13/h1,3,7,12-13,18H,2,4-6,8-10H2,(H2,16,20). The fraction of sp³-hybridized carbons (Fsp3) is 0.600. The molecular weight excluding hydrogens is 252 g/mol. The van der Waals surface area contributed by atoms with Gasteiger partial charge < -0.3 is 16.0 Å². The molecule has 0 spiro atoms. The molecule has 3 rings (SSSR count). The zero-order chi connectivity index (χ0) is 13.9. The number of nitrogens with two attached hydrogens (primary N) is 1. The monoisotopic (exact) mass is 274 g/mol. The number of hydrogen-bond acceptors (Lipinski definition) is 4. The van der Waals surface area contributed by atoms with Crippen molar-refractivity contribution >= 4 is 11.7 Å². The van der Waals surface area contributed by atoms with E-state index >= 15 is 0 Å². The van der Waals surface area contributed by atoms with Crippen LogP contribution in [0.1, 0.15) is 31.2 Å². The highest BCUT2D eigenvalue weighted by Gasteiger charge is 2.26. The van der Waals surface area contributed by atoms with Crippen LogP contribution in [0.4, 0.5) is 5.82 Å². The Morgan fingerprint density at radius 3 is 3.05 bits per heavy atom. The van der Waals surface area contributed by atoms with Gasteiger partial charge in [0.2, 0.25) is 5.91 Å². The van der Waals surface area contributed by atoms with E-state index in [0.29, 0.717) is 12.6 Å². The number of pyridine rings is 1. The van der Waals surface area contributed by atoms with Crippen molar-refractivity contribution in [2.45, 2.75) is 38.3 Å². The zero-order valence-electron chi connectivity index (χ0n) is 11.7. The van der Waals surface area contributed by atoms with Crippen LogP contribution in [0, 0.1) is 5.92 Å². The van der Waals surface area contributed by atoms with Crippen LogP contribution in [-0.2, 0) is 11.3 Å². The number of carbonyl (C=O) groups is 1. The van der Waals surface area contributed by atoms with Gasteiger partial charge in [0.1, 0.15) is 5.82 Å². The molecule has 2 aliphatic rings. The summed E-state index contributed by atoms with van der Waals surface area (Å²) in [5, 5.41) is 3.53. The molecule has 1 saturated carbocycles. The minimum atomic E-state index is -0.191. The Morgan fingerprint density at radius 1 is 1.45 bits per heavy atom. The molecule has 0 radical (unpaired) electrons. The topological polar surface area (TPSA) is 71.2 Å². The molecule has 1 aliphatic carbocycles. The van der Waals surface area contributed by atoms with Crippen LogP contribution >= 0.6 is 0 Å². The third-order valence-electron chi connectivity index (χ3n) is 4.15. The molecule has 1 aliphatic heterocycles. The first-order chi connectivity index (χ1) is 9.74. The van der Waals surface area contributed by atoms with Crippen LogP contribution in [0.2, 0.25) is 0 Å². The SMILES string of the molecule is NC(=O)C1CCCN(c2ncccc2CNC2CC2)C1. The van der Waals surface area contributed by atoms with Gasteiger partial charge in [-0.2, -0.15) is 0 Å². The summed E-state index contributed by atoms with van der Waals surface area (Å²) in [6.45, 7) is 2.51. The van der Waals surface area contributed by atoms with Crippen LogP contribution in [0.3, 0.4) is 0 Å². The summed E-state index contributed by atoms with van der Waals surface area (Å²) in [5.41, 5.74) is 6.67. The molecule has 2 fully saturated rings. The Balaban J connectivity index is 1.72. The maximum atomic E-state index is 11.4. The fourth-order valence-corrected chi connectivity index (χ4v) is 2.80. The second-order valence-corrected chi connectivity index (χ2v) is 5.83. The van der Waals surface area contributed by atoms with Gasteiger partial charge in [-0.25, -0.2) is 4.98 Å². The molecule has 108 valence electrons. The molecule has 5 heteroatoms. The van der Waals surface area contributed by atoms with Crippen molar-refractivity contribution in [3.05, 3.63) is 23.9 Å². The predicted molar refractivity (Wildman–Crippen MR) is 78.2 cm³/mol. The number of nitrogens with zero attached hydrogens (tertiary/aromatic N) is 2. The number of nitrogens with one attached hydrogen (secondary N) is 1. The number of aromatic nitrogens is 1. The zero-order valence-corrected chi connectivity index (χ0v) is 11.7. The molecule has 0 bridgehead atoms. The molecule has 1 atom stereocenters. The quantitative estimate of drug-likeness (QED) is 0.841. The molecule has 1 saturated heterocycles. The lowest BCUT2D eigenvalue weighted by Crippen LogP contribution is -2.42. The Labute approximate surface area is 119 Å². The van der Waals surface area contributed by atoms with Crippen molar-refractivity contribution in [2.24, 2.45) is 11.7 Å². The van der Waals surface area contributed by atoms with Crippen molar-refractivity contribution in [3.8, 4) is 0 Å². The molecule has 1 unspecified atom stereocenters. The Bertz CT molecular complexity index is 487. The lowest BCUT2D eigenvalue weighted by Gasteiger charge is -2.33. The van der Waals surface area contributed by atoms with Gasteiger partial charge in [-0.15, -0.1) is 0 Å². The fourth-order valence-electron chi connectivity index (χ4n) is 2.80. The normalized spacial score (nSPS) is 22.8. The summed E-state index contributed by atoms with van der Waals surface area (Å²) in [7, 11) is 0. The largest absolute Gasteiger partial charge is 0.369 e. The van der Waals surface area contributed by atoms with E-state index in [1.807, 2.05) is 12.3 Å². The molecule has 1 aromatic heterocycles. The first kappa shape index (κ1) is 13.4. The number of rotatable bonds is 5. The summed E-state index contributed by atoms with van der Waals surface area (Å²) in [4.78, 5) is 18.1. The summed E-state index contributed by atoms with van der Waals surface area (Å²) >= 11 is 0. The third-order valence-corrected chi connectivity index (χ3v) is 4.15. The average Bonchev–Trinajstić information content (AvgIpc) is 3.30. The Morgan fingerprint density at radius 2 is 2.30 bits per heavy atom. The van der Waals surface area contributed by atoms with Gasteiger partial charge in [0.25, 0.3) is 0 Å². The van der Waals surface area contributed by atoms with Crippen LogP contribution in [0.15, 0.2) is 18.3 Å². The molecule has 2 heterocycles. The molecule has 5 nitrogen and oxygen atoms in total. The van der Waals surface area contributed by atoms with Crippen molar-refractivity contribution in [3.63, 3.8) is 0 Å². The highest BCUT2D eigenvalue weighted by Crippen LogP contribution is 2.25. The first-order valence-corrected chi connectivity index (χ1v) is 7.45. The number of hydrogen-bond donors (Lipinski definition) is 2. The smallest absolute Gasteiger partial charge is 0.222 e. The highest BCUT2D eigenvalue weighted by molar-refractivity contribution is 5.77. The summed E-state index contributed by atoms with van der Waals surface area (Å²) < 4.78 is 0. The van der Waals surface area contributed by atoms with Crippen LogP contribution in [0.5, 0.6) is 0 Å². The second-order valence-electron chi connectivity index (χ2n) is 5.83. The number of carbonyl (C=O) groups excluding carboxylic acids is 1. The van der Waals surface area contributed by atoms with E-state index in [2.05, 4.69) is 21.3 Å². The van der Waals surface area contributed by atoms with Gasteiger partial charge in [-0.1, -0.05) is 6.07 Å². The number of piperidine rings is 1. The molecule has 0 aromatic carbocycles. The first-order valence-electron chi connectivity index (χ1n) is 7.45. The van der Waals surface area contributed by atoms with Gasteiger partial charge >= 0.3 is 0 Å². The number of amides is 1. The van der Waals surface area contributed by atoms with Gasteiger partial charge in [0.05, 0.1) is 5.92 Å². The Kier molecular flexibility index (Phi) is 3.87. The van der Waals surface area contributed by atoms with Crippen LogP contribution in [0.25, 0.3) is 0 Å². The van der Waals surface area contributed by atoms with Crippen molar-refractivity contribution in [1.82, 2.24) is 10.3 Å². The predicted octanol–water partition coefficient (Wildman–Crippen LogP) is 1.04. The maximum Gasteiger partial charge on any atom is 0.222 e. The molecule has 1 aromatic rings. The van der Waals surface area contributed by atoms with Crippen molar-refractivity contribution < 1.29 is 4.79 Å². The molecule has 1 amide bonds. The Hall–Kier alpha value is -1.62. The van der Waals surface area contributed by atoms with E-state index in [9.17, 15) is 4.79 Å². The molecular formula is C15H22N4O. The van der Waals surface area contributed by atoms with E-state index in [0.717, 1.165) is 31.7 Å². The number of anilines is 1. The molecule has 20 heavy (non-hydrogen) atoms. The number of primary amides is 1. The highest BCUT2D eigenvalue weighted by atomic mass is 16.1. The average molecular weight is 274 g/mol. The van der Waals surface area contributed by atoms with E-state index in [-0.39, 0.29) is 11.8 Å².